The van der Waals surface area contributed by atoms with E-state index < -0.39 is 11.5 Å². The minimum atomic E-state index is -0.640. The number of cyclic esters (lactones) is 1. The van der Waals surface area contributed by atoms with Gasteiger partial charge in [0.1, 0.15) is 17.2 Å². The average Bonchev–Trinajstić information content (AvgIpc) is 2.81. The molecule has 0 saturated heterocycles. The number of hydrogen-bond acceptors (Lipinski definition) is 7. The summed E-state index contributed by atoms with van der Waals surface area (Å²) in [5, 5.41) is 7.35. The Labute approximate surface area is 169 Å². The molecule has 1 atom stereocenters. The van der Waals surface area contributed by atoms with Gasteiger partial charge in [0.25, 0.3) is 5.56 Å². The van der Waals surface area contributed by atoms with Crippen LogP contribution in [0.2, 0.25) is 10.3 Å². The molecule has 0 amide bonds. The number of benzene rings is 1. The predicted molar refractivity (Wildman–Crippen MR) is 108 cm³/mol. The number of carbonyl (C=O) groups excluding carboxylic acids is 1. The first kappa shape index (κ1) is 18.5. The normalized spacial score (nSPS) is 16.1. The number of nitrogens with one attached hydrogen (secondary N) is 2. The molecule has 8 nitrogen and oxygen atoms in total. The SMILES string of the molecule is CC1COC(=O)c2c(c3cc(Nc4nc(Cl)ncc4Cl)ccc3n(C)c2=O)N1. The number of aryl methyl sites for hydroxylation is 1. The van der Waals surface area contributed by atoms with Gasteiger partial charge in [0, 0.05) is 18.1 Å². The number of esters is 1. The molecule has 0 aliphatic carbocycles. The van der Waals surface area contributed by atoms with E-state index in [0.717, 1.165) is 0 Å². The lowest BCUT2D eigenvalue weighted by molar-refractivity contribution is 0.0503. The fourth-order valence-electron chi connectivity index (χ4n) is 3.10. The maximum absolute atomic E-state index is 12.7. The fourth-order valence-corrected chi connectivity index (χ4v) is 3.37. The maximum atomic E-state index is 12.7. The summed E-state index contributed by atoms with van der Waals surface area (Å²) in [4.78, 5) is 33.0. The molecule has 2 aromatic heterocycles. The molecule has 0 saturated carbocycles. The summed E-state index contributed by atoms with van der Waals surface area (Å²) < 4.78 is 6.62. The summed E-state index contributed by atoms with van der Waals surface area (Å²) in [6.07, 6.45) is 1.40. The van der Waals surface area contributed by atoms with Crippen molar-refractivity contribution in [1.82, 2.24) is 14.5 Å². The molecule has 4 rings (SSSR count). The Hall–Kier alpha value is -2.84. The third kappa shape index (κ3) is 3.14. The van der Waals surface area contributed by atoms with Crippen molar-refractivity contribution >= 4 is 57.3 Å². The second kappa shape index (κ2) is 6.96. The summed E-state index contributed by atoms with van der Waals surface area (Å²) in [7, 11) is 1.61. The van der Waals surface area contributed by atoms with E-state index >= 15 is 0 Å². The van der Waals surface area contributed by atoms with Crippen molar-refractivity contribution in [3.63, 3.8) is 0 Å². The monoisotopic (exact) mass is 419 g/mol. The molecule has 1 unspecified atom stereocenters. The third-order valence-corrected chi connectivity index (χ3v) is 4.89. The number of aromatic nitrogens is 3. The number of fused-ring (bicyclic) bond motifs is 3. The lowest BCUT2D eigenvalue weighted by Gasteiger charge is -2.17. The molecule has 0 fully saturated rings. The molecule has 1 aliphatic rings. The summed E-state index contributed by atoms with van der Waals surface area (Å²) >= 11 is 12.0. The number of nitrogens with zero attached hydrogens (tertiary/aromatic N) is 3. The smallest absolute Gasteiger partial charge is 0.346 e. The molecular weight excluding hydrogens is 405 g/mol. The Morgan fingerprint density at radius 1 is 1.32 bits per heavy atom. The van der Waals surface area contributed by atoms with E-state index in [-0.39, 0.29) is 23.5 Å². The second-order valence-corrected chi connectivity index (χ2v) is 7.20. The number of ether oxygens (including phenoxy) is 1. The summed E-state index contributed by atoms with van der Waals surface area (Å²) in [5.41, 5.74) is 1.33. The number of rotatable bonds is 2. The van der Waals surface area contributed by atoms with Crippen LogP contribution in [0.3, 0.4) is 0 Å². The minimum absolute atomic E-state index is 0.0142. The van der Waals surface area contributed by atoms with Gasteiger partial charge in [-0.2, -0.15) is 4.98 Å². The van der Waals surface area contributed by atoms with Crippen LogP contribution in [-0.4, -0.2) is 33.2 Å². The van der Waals surface area contributed by atoms with Crippen LogP contribution in [0.1, 0.15) is 17.3 Å². The lowest BCUT2D eigenvalue weighted by atomic mass is 10.1. The molecule has 1 aromatic carbocycles. The zero-order chi connectivity index (χ0) is 20.0. The Balaban J connectivity index is 1.91. The molecule has 1 aliphatic heterocycles. The Kier molecular flexibility index (Phi) is 4.60. The number of halogens is 2. The Morgan fingerprint density at radius 3 is 2.89 bits per heavy atom. The highest BCUT2D eigenvalue weighted by molar-refractivity contribution is 6.33. The highest BCUT2D eigenvalue weighted by Gasteiger charge is 2.27. The van der Waals surface area contributed by atoms with Gasteiger partial charge in [-0.3, -0.25) is 4.79 Å². The van der Waals surface area contributed by atoms with Crippen molar-refractivity contribution < 1.29 is 9.53 Å². The van der Waals surface area contributed by atoms with E-state index in [4.69, 9.17) is 27.9 Å². The van der Waals surface area contributed by atoms with Gasteiger partial charge in [-0.05, 0) is 36.7 Å². The van der Waals surface area contributed by atoms with E-state index in [2.05, 4.69) is 20.6 Å². The zero-order valence-corrected chi connectivity index (χ0v) is 16.4. The largest absolute Gasteiger partial charge is 0.460 e. The van der Waals surface area contributed by atoms with Crippen molar-refractivity contribution in [3.05, 3.63) is 50.6 Å². The zero-order valence-electron chi connectivity index (χ0n) is 14.9. The Morgan fingerprint density at radius 2 is 2.11 bits per heavy atom. The molecular formula is C18H15Cl2N5O3. The van der Waals surface area contributed by atoms with E-state index in [1.165, 1.54) is 10.8 Å². The van der Waals surface area contributed by atoms with Crippen LogP contribution in [0, 0.1) is 0 Å². The van der Waals surface area contributed by atoms with Gasteiger partial charge < -0.3 is 19.9 Å². The van der Waals surface area contributed by atoms with Gasteiger partial charge in [-0.1, -0.05) is 11.6 Å². The molecule has 28 heavy (non-hydrogen) atoms. The van der Waals surface area contributed by atoms with Crippen LogP contribution in [-0.2, 0) is 11.8 Å². The predicted octanol–water partition coefficient (Wildman–Crippen LogP) is 3.35. The van der Waals surface area contributed by atoms with Gasteiger partial charge in [-0.25, -0.2) is 9.78 Å². The second-order valence-electron chi connectivity index (χ2n) is 6.45. The molecule has 10 heteroatoms. The standard InChI is InChI=1S/C18H15Cl2N5O3/c1-8-7-28-17(27)13-14(22-8)10-5-9(3-4-12(10)25(2)16(13)26)23-15-11(19)6-21-18(20)24-15/h3-6,8,22H,7H2,1-2H3,(H,21,23,24). The van der Waals surface area contributed by atoms with Gasteiger partial charge in [0.05, 0.1) is 23.4 Å². The molecule has 3 aromatic rings. The first-order valence-corrected chi connectivity index (χ1v) is 9.16. The quantitative estimate of drug-likeness (QED) is 0.485. The number of carbonyl (C=O) groups is 1. The van der Waals surface area contributed by atoms with Crippen LogP contribution in [0.15, 0.2) is 29.2 Å². The van der Waals surface area contributed by atoms with E-state index in [1.807, 2.05) is 6.92 Å². The van der Waals surface area contributed by atoms with Gasteiger partial charge in [0.2, 0.25) is 5.28 Å². The molecule has 0 spiro atoms. The first-order valence-electron chi connectivity index (χ1n) is 8.40. The highest BCUT2D eigenvalue weighted by Crippen LogP contribution is 2.32. The molecule has 144 valence electrons. The molecule has 0 bridgehead atoms. The van der Waals surface area contributed by atoms with E-state index in [1.54, 1.807) is 25.2 Å². The van der Waals surface area contributed by atoms with Crippen LogP contribution in [0.4, 0.5) is 17.2 Å². The van der Waals surface area contributed by atoms with E-state index in [9.17, 15) is 9.59 Å². The van der Waals surface area contributed by atoms with Crippen LogP contribution in [0.25, 0.3) is 10.9 Å². The summed E-state index contributed by atoms with van der Waals surface area (Å²) in [6, 6.07) is 5.21. The number of anilines is 3. The van der Waals surface area contributed by atoms with Crippen molar-refractivity contribution in [3.8, 4) is 0 Å². The average molecular weight is 420 g/mol. The van der Waals surface area contributed by atoms with Gasteiger partial charge in [0.15, 0.2) is 5.82 Å². The van der Waals surface area contributed by atoms with Crippen molar-refractivity contribution in [2.45, 2.75) is 13.0 Å². The Bertz CT molecular complexity index is 1180. The lowest BCUT2D eigenvalue weighted by Crippen LogP contribution is -2.26. The third-order valence-electron chi connectivity index (χ3n) is 4.43. The van der Waals surface area contributed by atoms with Crippen LogP contribution >= 0.6 is 23.2 Å². The van der Waals surface area contributed by atoms with Crippen molar-refractivity contribution in [2.24, 2.45) is 7.05 Å². The van der Waals surface area contributed by atoms with E-state index in [0.29, 0.717) is 33.1 Å². The minimum Gasteiger partial charge on any atom is -0.460 e. The topological polar surface area (TPSA) is 98.1 Å². The number of pyridine rings is 1. The highest BCUT2D eigenvalue weighted by atomic mass is 35.5. The van der Waals surface area contributed by atoms with Gasteiger partial charge >= 0.3 is 5.97 Å². The molecule has 0 radical (unpaired) electrons. The van der Waals surface area contributed by atoms with Crippen molar-refractivity contribution in [2.75, 3.05) is 17.2 Å². The fraction of sp³-hybridized carbons (Fsp3) is 0.222. The molecule has 3 heterocycles. The number of hydrogen-bond donors (Lipinski definition) is 2. The summed E-state index contributed by atoms with van der Waals surface area (Å²) in [6.45, 7) is 2.04. The maximum Gasteiger partial charge on any atom is 0.346 e. The van der Waals surface area contributed by atoms with Crippen LogP contribution < -0.4 is 16.2 Å². The molecule has 2 N–H and O–H groups in total. The first-order chi connectivity index (χ1) is 13.3. The van der Waals surface area contributed by atoms with Gasteiger partial charge in [-0.15, -0.1) is 0 Å². The summed E-state index contributed by atoms with van der Waals surface area (Å²) in [5.74, 6) is -0.295. The van der Waals surface area contributed by atoms with Crippen molar-refractivity contribution in [1.29, 1.82) is 0 Å². The van der Waals surface area contributed by atoms with Crippen LogP contribution in [0.5, 0.6) is 0 Å².